The van der Waals surface area contributed by atoms with Crippen LogP contribution in [0.5, 0.6) is 0 Å². The Morgan fingerprint density at radius 2 is 1.56 bits per heavy atom. The number of carbonyl (C=O) groups is 2. The van der Waals surface area contributed by atoms with Crippen molar-refractivity contribution >= 4 is 39.2 Å². The van der Waals surface area contributed by atoms with Crippen molar-refractivity contribution in [1.29, 1.82) is 0 Å². The van der Waals surface area contributed by atoms with E-state index >= 15 is 0 Å². The number of anilines is 1. The fraction of sp³-hybridized carbons (Fsp3) is 0.200. The number of esters is 1. The molecule has 0 aliphatic rings. The van der Waals surface area contributed by atoms with Crippen molar-refractivity contribution in [3.63, 3.8) is 0 Å². The number of carbonyl (C=O) groups excluding carboxylic acids is 2. The number of sulfonamides is 1. The summed E-state index contributed by atoms with van der Waals surface area (Å²) in [5.74, 6) is -0.794. The first-order valence-electron chi connectivity index (χ1n) is 10.6. The maximum absolute atomic E-state index is 13.1. The Kier molecular flexibility index (Phi) is 8.81. The van der Waals surface area contributed by atoms with Gasteiger partial charge in [-0.2, -0.15) is 4.72 Å². The number of benzene rings is 3. The standard InChI is InChI=1S/C25H25ClN2O5S/c1-33-24(29)16-9-18-7-12-21(13-8-18)27-25(30)23(17-19-5-3-2-4-6-19)28-34(31,32)22-14-10-20(26)11-15-22/h2-8,10-15,23,28H,9,16-17H2,1H3,(H,27,30). The van der Waals surface area contributed by atoms with Gasteiger partial charge in [-0.1, -0.05) is 54.1 Å². The summed E-state index contributed by atoms with van der Waals surface area (Å²) in [5, 5.41) is 3.18. The monoisotopic (exact) mass is 500 g/mol. The van der Waals surface area contributed by atoms with Crippen molar-refractivity contribution in [1.82, 2.24) is 4.72 Å². The van der Waals surface area contributed by atoms with Crippen molar-refractivity contribution in [2.75, 3.05) is 12.4 Å². The van der Waals surface area contributed by atoms with Gasteiger partial charge >= 0.3 is 5.97 Å². The van der Waals surface area contributed by atoms with Crippen LogP contribution in [0.2, 0.25) is 5.02 Å². The third-order valence-corrected chi connectivity index (χ3v) is 6.83. The van der Waals surface area contributed by atoms with Gasteiger partial charge in [0.25, 0.3) is 0 Å². The van der Waals surface area contributed by atoms with Crippen molar-refractivity contribution in [3.05, 3.63) is 95.0 Å². The molecule has 3 aromatic rings. The van der Waals surface area contributed by atoms with E-state index in [0.717, 1.165) is 11.1 Å². The molecule has 9 heteroatoms. The van der Waals surface area contributed by atoms with E-state index in [2.05, 4.69) is 14.8 Å². The molecule has 7 nitrogen and oxygen atoms in total. The summed E-state index contributed by atoms with van der Waals surface area (Å²) in [6, 6.07) is 20.8. The summed E-state index contributed by atoms with van der Waals surface area (Å²) in [6.45, 7) is 0. The second-order valence-electron chi connectivity index (χ2n) is 7.58. The highest BCUT2D eigenvalue weighted by Gasteiger charge is 2.26. The number of hydrogen-bond acceptors (Lipinski definition) is 5. The first-order chi connectivity index (χ1) is 16.3. The van der Waals surface area contributed by atoms with Crippen molar-refractivity contribution in [3.8, 4) is 0 Å². The Bertz CT molecular complexity index is 1210. The number of ether oxygens (including phenoxy) is 1. The molecular weight excluding hydrogens is 476 g/mol. The van der Waals surface area contributed by atoms with Crippen LogP contribution in [0.3, 0.4) is 0 Å². The van der Waals surface area contributed by atoms with Gasteiger partial charge in [0.1, 0.15) is 6.04 Å². The Morgan fingerprint density at radius 1 is 0.912 bits per heavy atom. The second-order valence-corrected chi connectivity index (χ2v) is 9.73. The molecule has 0 aromatic heterocycles. The predicted octanol–water partition coefficient (Wildman–Crippen LogP) is 3.97. The lowest BCUT2D eigenvalue weighted by atomic mass is 10.1. The molecule has 3 aromatic carbocycles. The van der Waals surface area contributed by atoms with Crippen LogP contribution in [0, 0.1) is 0 Å². The van der Waals surface area contributed by atoms with Gasteiger partial charge in [0.05, 0.1) is 12.0 Å². The number of methoxy groups -OCH3 is 1. The molecule has 0 heterocycles. The highest BCUT2D eigenvalue weighted by Crippen LogP contribution is 2.17. The van der Waals surface area contributed by atoms with E-state index < -0.39 is 22.0 Å². The first-order valence-corrected chi connectivity index (χ1v) is 12.4. The zero-order valence-corrected chi connectivity index (χ0v) is 20.1. The van der Waals surface area contributed by atoms with Gasteiger partial charge in [0, 0.05) is 17.1 Å². The third kappa shape index (κ3) is 7.41. The Hall–Kier alpha value is -3.20. The zero-order valence-electron chi connectivity index (χ0n) is 18.5. The Morgan fingerprint density at radius 3 is 2.18 bits per heavy atom. The Balaban J connectivity index is 1.75. The third-order valence-electron chi connectivity index (χ3n) is 5.09. The molecule has 0 aliphatic carbocycles. The molecule has 3 rings (SSSR count). The molecule has 1 amide bonds. The Labute approximate surface area is 204 Å². The lowest BCUT2D eigenvalue weighted by molar-refractivity contribution is -0.140. The van der Waals surface area contributed by atoms with Gasteiger partial charge in [0.15, 0.2) is 0 Å². The molecule has 0 bridgehead atoms. The molecule has 178 valence electrons. The van der Waals surface area contributed by atoms with Crippen molar-refractivity contribution in [2.45, 2.75) is 30.2 Å². The van der Waals surface area contributed by atoms with E-state index in [1.807, 2.05) is 30.3 Å². The minimum Gasteiger partial charge on any atom is -0.469 e. The summed E-state index contributed by atoms with van der Waals surface area (Å²) >= 11 is 5.87. The molecule has 0 fully saturated rings. The number of halogens is 1. The van der Waals surface area contributed by atoms with Crippen molar-refractivity contribution in [2.24, 2.45) is 0 Å². The van der Waals surface area contributed by atoms with Crippen LogP contribution >= 0.6 is 11.6 Å². The minimum atomic E-state index is -3.97. The summed E-state index contributed by atoms with van der Waals surface area (Å²) in [7, 11) is -2.63. The zero-order chi connectivity index (χ0) is 24.6. The molecule has 0 radical (unpaired) electrons. The van der Waals surface area contributed by atoms with Crippen LogP contribution in [0.15, 0.2) is 83.8 Å². The van der Waals surface area contributed by atoms with Gasteiger partial charge in [-0.25, -0.2) is 8.42 Å². The number of rotatable bonds is 10. The number of amides is 1. The van der Waals surface area contributed by atoms with E-state index in [1.165, 1.54) is 31.4 Å². The molecule has 1 unspecified atom stereocenters. The highest BCUT2D eigenvalue weighted by atomic mass is 35.5. The SMILES string of the molecule is COC(=O)CCc1ccc(NC(=O)C(Cc2ccccc2)NS(=O)(=O)c2ccc(Cl)cc2)cc1. The van der Waals surface area contributed by atoms with E-state index in [-0.39, 0.29) is 23.7 Å². The van der Waals surface area contributed by atoms with E-state index in [9.17, 15) is 18.0 Å². The molecular formula is C25H25ClN2O5S. The van der Waals surface area contributed by atoms with E-state index in [4.69, 9.17) is 11.6 Å². The summed E-state index contributed by atoms with van der Waals surface area (Å²) in [4.78, 5) is 24.4. The van der Waals surface area contributed by atoms with Crippen LogP contribution in [-0.2, 0) is 37.2 Å². The number of nitrogens with one attached hydrogen (secondary N) is 2. The van der Waals surface area contributed by atoms with Crippen LogP contribution in [0.1, 0.15) is 17.5 Å². The van der Waals surface area contributed by atoms with Gasteiger partial charge < -0.3 is 10.1 Å². The smallest absolute Gasteiger partial charge is 0.305 e. The minimum absolute atomic E-state index is 0.0118. The quantitative estimate of drug-likeness (QED) is 0.410. The lowest BCUT2D eigenvalue weighted by Crippen LogP contribution is -2.45. The fourth-order valence-corrected chi connectivity index (χ4v) is 4.56. The molecule has 0 saturated carbocycles. The van der Waals surface area contributed by atoms with Crippen molar-refractivity contribution < 1.29 is 22.7 Å². The molecule has 34 heavy (non-hydrogen) atoms. The number of hydrogen-bond donors (Lipinski definition) is 2. The van der Waals surface area contributed by atoms with Crippen LogP contribution in [0.25, 0.3) is 0 Å². The average Bonchev–Trinajstić information content (AvgIpc) is 2.83. The highest BCUT2D eigenvalue weighted by molar-refractivity contribution is 7.89. The topological polar surface area (TPSA) is 102 Å². The molecule has 1 atom stereocenters. The molecule has 0 saturated heterocycles. The maximum Gasteiger partial charge on any atom is 0.305 e. The molecule has 2 N–H and O–H groups in total. The van der Waals surface area contributed by atoms with E-state index in [0.29, 0.717) is 17.1 Å². The van der Waals surface area contributed by atoms with Crippen LogP contribution in [-0.4, -0.2) is 33.4 Å². The van der Waals surface area contributed by atoms with Gasteiger partial charge in [-0.05, 0) is 60.4 Å². The van der Waals surface area contributed by atoms with E-state index in [1.54, 1.807) is 24.3 Å². The molecule has 0 spiro atoms. The predicted molar refractivity (Wildman–Crippen MR) is 131 cm³/mol. The first kappa shape index (κ1) is 25.4. The van der Waals surface area contributed by atoms with Crippen LogP contribution < -0.4 is 10.0 Å². The van der Waals surface area contributed by atoms with Gasteiger partial charge in [0.2, 0.25) is 15.9 Å². The maximum atomic E-state index is 13.1. The summed E-state index contributed by atoms with van der Waals surface area (Å²) in [6.07, 6.45) is 0.933. The second kappa shape index (κ2) is 11.8. The van der Waals surface area contributed by atoms with Gasteiger partial charge in [-0.15, -0.1) is 0 Å². The van der Waals surface area contributed by atoms with Gasteiger partial charge in [-0.3, -0.25) is 9.59 Å². The lowest BCUT2D eigenvalue weighted by Gasteiger charge is -2.19. The largest absolute Gasteiger partial charge is 0.469 e. The normalized spacial score (nSPS) is 12.1. The number of aryl methyl sites for hydroxylation is 1. The molecule has 0 aliphatic heterocycles. The summed E-state index contributed by atoms with van der Waals surface area (Å²) < 4.78 is 33.0. The van der Waals surface area contributed by atoms with Crippen LogP contribution in [0.4, 0.5) is 5.69 Å². The fourth-order valence-electron chi connectivity index (χ4n) is 3.24. The summed E-state index contributed by atoms with van der Waals surface area (Å²) in [5.41, 5.74) is 2.22. The average molecular weight is 501 g/mol.